The van der Waals surface area contributed by atoms with E-state index in [2.05, 4.69) is 30.9 Å². The highest BCUT2D eigenvalue weighted by molar-refractivity contribution is 5.89. The zero-order valence-electron chi connectivity index (χ0n) is 16.4. The third-order valence-corrected chi connectivity index (χ3v) is 5.20. The van der Waals surface area contributed by atoms with E-state index in [0.717, 1.165) is 21.9 Å². The van der Waals surface area contributed by atoms with Crippen molar-refractivity contribution in [2.24, 2.45) is 0 Å². The molecule has 3 rings (SSSR count). The fraction of sp³-hybridized carbons (Fsp3) is 0.292. The van der Waals surface area contributed by atoms with Crippen molar-refractivity contribution in [1.29, 1.82) is 0 Å². The monoisotopic (exact) mass is 377 g/mol. The number of carboxylic acids is 1. The Kier molecular flexibility index (Phi) is 6.45. The largest absolute Gasteiger partial charge is 0.478 e. The molecular formula is C24H27NO3. The molecular weight excluding hydrogens is 350 g/mol. The van der Waals surface area contributed by atoms with E-state index in [1.807, 2.05) is 42.5 Å². The van der Waals surface area contributed by atoms with E-state index in [9.17, 15) is 15.0 Å². The topological polar surface area (TPSA) is 60.8 Å². The van der Waals surface area contributed by atoms with E-state index >= 15 is 0 Å². The highest BCUT2D eigenvalue weighted by atomic mass is 16.4. The molecule has 28 heavy (non-hydrogen) atoms. The molecule has 0 aliphatic carbocycles. The number of hydrogen-bond donors (Lipinski definition) is 2. The first-order valence-electron chi connectivity index (χ1n) is 9.67. The summed E-state index contributed by atoms with van der Waals surface area (Å²) in [5, 5.41) is 22.4. The molecule has 0 radical (unpaired) electrons. The van der Waals surface area contributed by atoms with Crippen LogP contribution in [0.3, 0.4) is 0 Å². The van der Waals surface area contributed by atoms with Crippen LogP contribution in [0.5, 0.6) is 0 Å². The summed E-state index contributed by atoms with van der Waals surface area (Å²) < 4.78 is 0. The van der Waals surface area contributed by atoms with Gasteiger partial charge in [0.05, 0.1) is 11.7 Å². The molecule has 3 aromatic rings. The van der Waals surface area contributed by atoms with E-state index in [-0.39, 0.29) is 6.04 Å². The summed E-state index contributed by atoms with van der Waals surface area (Å²) in [7, 11) is 0. The third-order valence-electron chi connectivity index (χ3n) is 5.20. The zero-order chi connectivity index (χ0) is 20.1. The third kappa shape index (κ3) is 4.77. The highest BCUT2D eigenvalue weighted by Crippen LogP contribution is 2.23. The Balaban J connectivity index is 1.70. The van der Waals surface area contributed by atoms with Crippen LogP contribution in [0.2, 0.25) is 0 Å². The molecule has 0 aliphatic heterocycles. The number of aliphatic hydroxyl groups excluding tert-OH is 1. The quantitative estimate of drug-likeness (QED) is 0.588. The van der Waals surface area contributed by atoms with Gasteiger partial charge in [-0.1, -0.05) is 54.6 Å². The van der Waals surface area contributed by atoms with Crippen LogP contribution >= 0.6 is 0 Å². The lowest BCUT2D eigenvalue weighted by molar-refractivity contribution is 0.0692. The molecule has 1 atom stereocenters. The molecule has 4 nitrogen and oxygen atoms in total. The van der Waals surface area contributed by atoms with Gasteiger partial charge >= 0.3 is 5.97 Å². The molecule has 0 heterocycles. The molecule has 4 heteroatoms. The Morgan fingerprint density at radius 3 is 2.36 bits per heavy atom. The summed E-state index contributed by atoms with van der Waals surface area (Å²) in [6.07, 6.45) is 0.0340. The summed E-state index contributed by atoms with van der Waals surface area (Å²) in [6.45, 7) is 5.40. The van der Waals surface area contributed by atoms with Gasteiger partial charge in [0.25, 0.3) is 0 Å². The summed E-state index contributed by atoms with van der Waals surface area (Å²) in [6, 6.07) is 21.5. The fourth-order valence-electron chi connectivity index (χ4n) is 3.48. The maximum absolute atomic E-state index is 11.5. The smallest absolute Gasteiger partial charge is 0.336 e. The van der Waals surface area contributed by atoms with Gasteiger partial charge in [-0.15, -0.1) is 0 Å². The predicted molar refractivity (Wildman–Crippen MR) is 112 cm³/mol. The predicted octanol–water partition coefficient (Wildman–Crippen LogP) is 4.87. The van der Waals surface area contributed by atoms with E-state index in [1.165, 1.54) is 0 Å². The maximum atomic E-state index is 11.5. The molecule has 0 aromatic heterocycles. The van der Waals surface area contributed by atoms with E-state index in [4.69, 9.17) is 0 Å². The Bertz CT molecular complexity index is 951. The van der Waals surface area contributed by atoms with Gasteiger partial charge in [-0.05, 0) is 54.3 Å². The molecule has 0 amide bonds. The number of hydrogen-bond acceptors (Lipinski definition) is 3. The minimum absolute atomic E-state index is 0.241. The number of nitrogens with zero attached hydrogens (tertiary/aromatic N) is 1. The van der Waals surface area contributed by atoms with Gasteiger partial charge < -0.3 is 10.2 Å². The van der Waals surface area contributed by atoms with Crippen LogP contribution in [0, 0.1) is 0 Å². The Labute approximate surface area is 166 Å². The SMILES string of the molecule is CC(C)N(CCC(O)c1ccc2ccccc2c1)Cc1ccccc1C(=O)O. The van der Waals surface area contributed by atoms with Gasteiger partial charge in [-0.25, -0.2) is 4.79 Å². The maximum Gasteiger partial charge on any atom is 0.336 e. The van der Waals surface area contributed by atoms with E-state index in [1.54, 1.807) is 12.1 Å². The molecule has 1 unspecified atom stereocenters. The number of carboxylic acid groups (broad SMARTS) is 1. The molecule has 0 spiro atoms. The second-order valence-electron chi connectivity index (χ2n) is 7.44. The van der Waals surface area contributed by atoms with Crippen molar-refractivity contribution in [3.63, 3.8) is 0 Å². The molecule has 146 valence electrons. The minimum Gasteiger partial charge on any atom is -0.478 e. The standard InChI is InChI=1S/C24H27NO3/c1-17(2)25(16-21-9-5-6-10-22(21)24(27)28)14-13-23(26)20-12-11-18-7-3-4-8-19(18)15-20/h3-12,15,17,23,26H,13-14,16H2,1-2H3,(H,27,28). The van der Waals surface area contributed by atoms with Gasteiger partial charge in [-0.3, -0.25) is 4.90 Å². The molecule has 2 N–H and O–H groups in total. The summed E-state index contributed by atoms with van der Waals surface area (Å²) in [5.41, 5.74) is 2.04. The normalized spacial score (nSPS) is 12.6. The van der Waals surface area contributed by atoms with Crippen LogP contribution in [0.4, 0.5) is 0 Å². The van der Waals surface area contributed by atoms with Gasteiger partial charge in [0.15, 0.2) is 0 Å². The van der Waals surface area contributed by atoms with E-state index < -0.39 is 12.1 Å². The van der Waals surface area contributed by atoms with Crippen molar-refractivity contribution in [2.75, 3.05) is 6.54 Å². The Morgan fingerprint density at radius 1 is 0.964 bits per heavy atom. The van der Waals surface area contributed by atoms with Crippen molar-refractivity contribution in [3.8, 4) is 0 Å². The lowest BCUT2D eigenvalue weighted by Crippen LogP contribution is -2.32. The van der Waals surface area contributed by atoms with Crippen molar-refractivity contribution in [1.82, 2.24) is 4.90 Å². The van der Waals surface area contributed by atoms with Crippen LogP contribution in [0.25, 0.3) is 10.8 Å². The Morgan fingerprint density at radius 2 is 1.64 bits per heavy atom. The minimum atomic E-state index is -0.907. The van der Waals surface area contributed by atoms with Crippen molar-refractivity contribution < 1.29 is 15.0 Å². The van der Waals surface area contributed by atoms with Crippen molar-refractivity contribution in [3.05, 3.63) is 83.4 Å². The van der Waals surface area contributed by atoms with Gasteiger partial charge in [0, 0.05) is 19.1 Å². The number of benzene rings is 3. The van der Waals surface area contributed by atoms with Crippen LogP contribution in [-0.4, -0.2) is 33.7 Å². The second kappa shape index (κ2) is 9.00. The molecule has 0 saturated heterocycles. The Hall–Kier alpha value is -2.69. The van der Waals surface area contributed by atoms with Crippen molar-refractivity contribution >= 4 is 16.7 Å². The summed E-state index contributed by atoms with van der Waals surface area (Å²) in [5.74, 6) is -0.907. The molecule has 0 aliphatic rings. The first kappa shape index (κ1) is 20.1. The lowest BCUT2D eigenvalue weighted by atomic mass is 10.0. The average molecular weight is 377 g/mol. The zero-order valence-corrected chi connectivity index (χ0v) is 16.4. The van der Waals surface area contributed by atoms with Crippen LogP contribution < -0.4 is 0 Å². The molecule has 3 aromatic carbocycles. The first-order chi connectivity index (χ1) is 13.5. The summed E-state index contributed by atoms with van der Waals surface area (Å²) >= 11 is 0. The highest BCUT2D eigenvalue weighted by Gasteiger charge is 2.17. The second-order valence-corrected chi connectivity index (χ2v) is 7.44. The number of carbonyl (C=O) groups is 1. The molecule has 0 saturated carbocycles. The fourth-order valence-corrected chi connectivity index (χ4v) is 3.48. The van der Waals surface area contributed by atoms with E-state index in [0.29, 0.717) is 25.1 Å². The van der Waals surface area contributed by atoms with Crippen molar-refractivity contribution in [2.45, 2.75) is 39.0 Å². The lowest BCUT2D eigenvalue weighted by Gasteiger charge is -2.28. The molecule has 0 bridgehead atoms. The van der Waals surface area contributed by atoms with Gasteiger partial charge in [0.1, 0.15) is 0 Å². The number of fused-ring (bicyclic) bond motifs is 1. The van der Waals surface area contributed by atoms with Gasteiger partial charge in [0.2, 0.25) is 0 Å². The average Bonchev–Trinajstić information content (AvgIpc) is 2.70. The number of rotatable bonds is 8. The number of aliphatic hydroxyl groups is 1. The first-order valence-corrected chi connectivity index (χ1v) is 9.67. The van der Waals surface area contributed by atoms with Crippen LogP contribution in [-0.2, 0) is 6.54 Å². The number of aromatic carboxylic acids is 1. The van der Waals surface area contributed by atoms with Crippen LogP contribution in [0.15, 0.2) is 66.7 Å². The summed E-state index contributed by atoms with van der Waals surface area (Å²) in [4.78, 5) is 13.7. The van der Waals surface area contributed by atoms with Crippen LogP contribution in [0.1, 0.15) is 47.9 Å². The van der Waals surface area contributed by atoms with Gasteiger partial charge in [-0.2, -0.15) is 0 Å². The molecule has 0 fully saturated rings.